The maximum absolute atomic E-state index is 8.49. The van der Waals surface area contributed by atoms with Crippen LogP contribution in [0.1, 0.15) is 18.2 Å². The van der Waals surface area contributed by atoms with E-state index in [1.54, 1.807) is 0 Å². The SMILES string of the molecule is CC[n+]1c(/C=C/c2ccc3c(c2)OCCOCCOCCOCCN3C)ccc2ccccc21.[O-][Cl+3]([O-])([O-])[O-]. The van der Waals surface area contributed by atoms with E-state index in [-0.39, 0.29) is 0 Å². The van der Waals surface area contributed by atoms with Gasteiger partial charge < -0.3 is 23.8 Å². The maximum atomic E-state index is 8.49. The van der Waals surface area contributed by atoms with Crippen molar-refractivity contribution in [3.05, 3.63) is 65.9 Å². The van der Waals surface area contributed by atoms with Crippen LogP contribution in [0.3, 0.4) is 0 Å². The fourth-order valence-corrected chi connectivity index (χ4v) is 4.10. The van der Waals surface area contributed by atoms with E-state index in [9.17, 15) is 0 Å². The average Bonchev–Trinajstić information content (AvgIpc) is 2.91. The standard InChI is InChI=1S/C28H35N2O4.ClHO4/c1-3-30-25(12-10-24-6-4-5-7-26(24)30)11-8-23-9-13-27-28(22-23)34-21-20-33-19-18-32-17-16-31-15-14-29(27)2;2-1(3,4)5/h4-13,22H,3,14-21H2,1-2H3;(H,2,3,4,5)/q+1;/p-1. The molecule has 1 aromatic heterocycles. The highest BCUT2D eigenvalue weighted by Crippen LogP contribution is 2.29. The number of rotatable bonds is 3. The average molecular weight is 563 g/mol. The predicted octanol–water partition coefficient (Wildman–Crippen LogP) is -0.560. The van der Waals surface area contributed by atoms with Gasteiger partial charge in [-0.25, -0.2) is 18.6 Å². The molecule has 0 saturated heterocycles. The zero-order chi connectivity index (χ0) is 28.1. The third kappa shape index (κ3) is 10.7. The fraction of sp³-hybridized carbons (Fsp3) is 0.393. The number of aromatic nitrogens is 1. The van der Waals surface area contributed by atoms with Crippen molar-refractivity contribution in [3.63, 3.8) is 0 Å². The molecular formula is C28H35ClN2O8. The van der Waals surface area contributed by atoms with Gasteiger partial charge in [-0.3, -0.25) is 0 Å². The first-order chi connectivity index (χ1) is 18.8. The molecule has 2 aromatic carbocycles. The highest BCUT2D eigenvalue weighted by Gasteiger charge is 2.13. The van der Waals surface area contributed by atoms with Crippen molar-refractivity contribution in [2.24, 2.45) is 0 Å². The molecule has 1 aliphatic heterocycles. The van der Waals surface area contributed by atoms with Crippen molar-refractivity contribution < 1.29 is 52.4 Å². The lowest BCUT2D eigenvalue weighted by Crippen LogP contribution is -2.68. The minimum Gasteiger partial charge on any atom is -0.489 e. The van der Waals surface area contributed by atoms with Crippen LogP contribution in [-0.4, -0.2) is 59.8 Å². The summed E-state index contributed by atoms with van der Waals surface area (Å²) in [5, 5.41) is 1.25. The number of hydrogen-bond acceptors (Lipinski definition) is 9. The van der Waals surface area contributed by atoms with E-state index in [0.717, 1.165) is 30.1 Å². The molecule has 0 atom stereocenters. The lowest BCUT2D eigenvalue weighted by Gasteiger charge is -2.22. The largest absolute Gasteiger partial charge is 0.489 e. The maximum Gasteiger partial charge on any atom is 0.212 e. The lowest BCUT2D eigenvalue weighted by molar-refractivity contribution is -2.00. The molecule has 0 N–H and O–H groups in total. The Morgan fingerprint density at radius 2 is 1.46 bits per heavy atom. The third-order valence-corrected chi connectivity index (χ3v) is 5.93. The summed E-state index contributed by atoms with van der Waals surface area (Å²) in [5.74, 6) is 0.848. The van der Waals surface area contributed by atoms with E-state index < -0.39 is 10.2 Å². The Morgan fingerprint density at radius 1 is 0.821 bits per heavy atom. The predicted molar refractivity (Wildman–Crippen MR) is 136 cm³/mol. The molecule has 3 aromatic rings. The number of likely N-dealkylation sites (N-methyl/N-ethyl adjacent to an activating group) is 1. The van der Waals surface area contributed by atoms with Crippen LogP contribution in [-0.2, 0) is 20.8 Å². The van der Waals surface area contributed by atoms with E-state index in [1.807, 2.05) is 0 Å². The summed E-state index contributed by atoms with van der Waals surface area (Å²) in [6.45, 7) is 7.82. The summed E-state index contributed by atoms with van der Waals surface area (Å²) >= 11 is 0. The highest BCUT2D eigenvalue weighted by molar-refractivity contribution is 5.77. The Kier molecular flexibility index (Phi) is 12.4. The Hall–Kier alpha value is -2.80. The van der Waals surface area contributed by atoms with Crippen LogP contribution in [0.2, 0.25) is 0 Å². The Morgan fingerprint density at radius 3 is 2.15 bits per heavy atom. The Balaban J connectivity index is 0.000000771. The highest BCUT2D eigenvalue weighted by atomic mass is 35.7. The summed E-state index contributed by atoms with van der Waals surface area (Å²) in [6, 6.07) is 19.2. The first-order valence-corrected chi connectivity index (χ1v) is 13.9. The van der Waals surface area contributed by atoms with Gasteiger partial charge in [-0.1, -0.05) is 18.2 Å². The molecule has 0 aliphatic carbocycles. The molecular weight excluding hydrogens is 528 g/mol. The number of para-hydroxylation sites is 1. The monoisotopic (exact) mass is 562 g/mol. The van der Waals surface area contributed by atoms with Gasteiger partial charge in [0.2, 0.25) is 11.2 Å². The second kappa shape index (κ2) is 15.7. The molecule has 11 heteroatoms. The summed E-state index contributed by atoms with van der Waals surface area (Å²) in [4.78, 5) is 2.17. The van der Waals surface area contributed by atoms with Crippen LogP contribution in [0.25, 0.3) is 23.1 Å². The van der Waals surface area contributed by atoms with Crippen LogP contribution in [0, 0.1) is 10.2 Å². The first kappa shape index (κ1) is 30.7. The molecule has 0 fully saturated rings. The second-order valence-corrected chi connectivity index (χ2v) is 9.36. The fourth-order valence-electron chi connectivity index (χ4n) is 4.10. The normalized spacial score (nSPS) is 16.0. The smallest absolute Gasteiger partial charge is 0.212 e. The summed E-state index contributed by atoms with van der Waals surface area (Å²) in [5.41, 5.74) is 4.54. The number of fused-ring (bicyclic) bond motifs is 2. The molecule has 0 bridgehead atoms. The summed E-state index contributed by atoms with van der Waals surface area (Å²) in [6.07, 6.45) is 4.32. The lowest BCUT2D eigenvalue weighted by atomic mass is 10.1. The first-order valence-electron chi connectivity index (χ1n) is 12.7. The zero-order valence-corrected chi connectivity index (χ0v) is 23.0. The van der Waals surface area contributed by atoms with Gasteiger partial charge in [0, 0.05) is 37.2 Å². The van der Waals surface area contributed by atoms with Crippen LogP contribution in [0.5, 0.6) is 5.75 Å². The molecule has 39 heavy (non-hydrogen) atoms. The minimum absolute atomic E-state index is 0.491. The number of hydrogen-bond donors (Lipinski definition) is 0. The quantitative estimate of drug-likeness (QED) is 0.385. The van der Waals surface area contributed by atoms with Gasteiger partial charge in [-0.15, -0.1) is 10.2 Å². The van der Waals surface area contributed by atoms with E-state index in [1.165, 1.54) is 16.6 Å². The van der Waals surface area contributed by atoms with Gasteiger partial charge in [-0.05, 0) is 42.8 Å². The number of nitrogens with zero attached hydrogens (tertiary/aromatic N) is 2. The molecule has 0 saturated carbocycles. The van der Waals surface area contributed by atoms with Gasteiger partial charge in [0.1, 0.15) is 18.9 Å². The Bertz CT molecular complexity index is 1200. The molecule has 0 radical (unpaired) electrons. The van der Waals surface area contributed by atoms with Crippen molar-refractivity contribution in [1.29, 1.82) is 0 Å². The number of halogens is 1. The van der Waals surface area contributed by atoms with Crippen molar-refractivity contribution in [3.8, 4) is 5.75 Å². The number of aryl methyl sites for hydroxylation is 1. The molecule has 0 unspecified atom stereocenters. The van der Waals surface area contributed by atoms with Gasteiger partial charge in [0.25, 0.3) is 0 Å². The van der Waals surface area contributed by atoms with Gasteiger partial charge in [0.15, 0.2) is 0 Å². The van der Waals surface area contributed by atoms with Crippen molar-refractivity contribution in [1.82, 2.24) is 0 Å². The molecule has 2 heterocycles. The van der Waals surface area contributed by atoms with Crippen LogP contribution >= 0.6 is 0 Å². The van der Waals surface area contributed by atoms with Crippen molar-refractivity contribution >= 4 is 28.7 Å². The number of anilines is 1. The molecule has 4 rings (SSSR count). The second-order valence-electron chi connectivity index (χ2n) is 8.61. The molecule has 10 nitrogen and oxygen atoms in total. The van der Waals surface area contributed by atoms with Gasteiger partial charge in [-0.2, -0.15) is 4.57 Å². The molecule has 212 valence electrons. The molecule has 1 aliphatic rings. The van der Waals surface area contributed by atoms with Gasteiger partial charge in [0.05, 0.1) is 45.3 Å². The van der Waals surface area contributed by atoms with Crippen molar-refractivity contribution in [2.45, 2.75) is 13.5 Å². The van der Waals surface area contributed by atoms with Crippen LogP contribution < -0.4 is 32.8 Å². The van der Waals surface area contributed by atoms with E-state index in [4.69, 9.17) is 37.6 Å². The van der Waals surface area contributed by atoms with Gasteiger partial charge >= 0.3 is 0 Å². The van der Waals surface area contributed by atoms with E-state index >= 15 is 0 Å². The van der Waals surface area contributed by atoms with Crippen LogP contribution in [0.15, 0.2) is 54.6 Å². The number of ether oxygens (including phenoxy) is 4. The number of pyridine rings is 1. The molecule has 0 amide bonds. The van der Waals surface area contributed by atoms with E-state index in [0.29, 0.717) is 46.2 Å². The minimum atomic E-state index is -4.94. The number of benzene rings is 2. The van der Waals surface area contributed by atoms with E-state index in [2.05, 4.69) is 90.2 Å². The van der Waals surface area contributed by atoms with Crippen molar-refractivity contribution in [2.75, 3.05) is 64.7 Å². The Labute approximate surface area is 231 Å². The zero-order valence-electron chi connectivity index (χ0n) is 22.3. The van der Waals surface area contributed by atoms with Crippen LogP contribution in [0.4, 0.5) is 5.69 Å². The summed E-state index contributed by atoms with van der Waals surface area (Å²) < 4.78 is 59.3. The topological polar surface area (TPSA) is 136 Å². The summed E-state index contributed by atoms with van der Waals surface area (Å²) in [7, 11) is -2.88. The third-order valence-electron chi connectivity index (χ3n) is 5.93. The molecule has 0 spiro atoms.